The smallest absolute Gasteiger partial charge is 0.307 e. The van der Waals surface area contributed by atoms with E-state index in [0.29, 0.717) is 21.3 Å². The van der Waals surface area contributed by atoms with E-state index in [2.05, 4.69) is 10.3 Å². The minimum atomic E-state index is -0.592. The molecule has 0 saturated carbocycles. The lowest BCUT2D eigenvalue weighted by atomic mass is 10.0. The Bertz CT molecular complexity index is 1020. The number of aromatic nitrogens is 1. The van der Waals surface area contributed by atoms with Crippen molar-refractivity contribution in [2.24, 2.45) is 0 Å². The number of thiazole rings is 1. The van der Waals surface area contributed by atoms with Crippen molar-refractivity contribution in [2.45, 2.75) is 18.9 Å². The number of hydrogen-bond acceptors (Lipinski definition) is 5. The third-order valence-electron chi connectivity index (χ3n) is 4.21. The standard InChI is InChI=1S/C21H18Cl2N2O3S/c1-28-20(27)11-18(14-6-2-4-8-16(14)22)25-19(26)10-13-12-29-21(24-13)15-7-3-5-9-17(15)23/h2-9,12,18H,10-11H2,1H3,(H,25,26). The van der Waals surface area contributed by atoms with E-state index in [1.165, 1.54) is 18.4 Å². The minimum absolute atomic E-state index is 0.0199. The average molecular weight is 449 g/mol. The summed E-state index contributed by atoms with van der Waals surface area (Å²) in [7, 11) is 1.30. The molecule has 1 amide bonds. The molecule has 8 heteroatoms. The van der Waals surface area contributed by atoms with Gasteiger partial charge in [-0.2, -0.15) is 0 Å². The molecule has 0 aliphatic carbocycles. The fourth-order valence-electron chi connectivity index (χ4n) is 2.80. The molecule has 1 N–H and O–H groups in total. The van der Waals surface area contributed by atoms with Gasteiger partial charge in [0.05, 0.1) is 36.7 Å². The Morgan fingerprint density at radius 3 is 2.48 bits per heavy atom. The van der Waals surface area contributed by atoms with E-state index < -0.39 is 12.0 Å². The Kier molecular flexibility index (Phi) is 7.25. The summed E-state index contributed by atoms with van der Waals surface area (Å²) in [4.78, 5) is 28.9. The Hall–Kier alpha value is -2.41. The van der Waals surface area contributed by atoms with Crippen LogP contribution < -0.4 is 5.32 Å². The molecule has 1 heterocycles. The van der Waals surface area contributed by atoms with Gasteiger partial charge in [-0.25, -0.2) is 4.98 Å². The van der Waals surface area contributed by atoms with E-state index in [4.69, 9.17) is 27.9 Å². The predicted molar refractivity (Wildman–Crippen MR) is 115 cm³/mol. The number of ether oxygens (including phenoxy) is 1. The van der Waals surface area contributed by atoms with Gasteiger partial charge in [0.15, 0.2) is 0 Å². The molecule has 0 bridgehead atoms. The van der Waals surface area contributed by atoms with Crippen molar-refractivity contribution in [2.75, 3.05) is 7.11 Å². The van der Waals surface area contributed by atoms with Crippen molar-refractivity contribution in [3.8, 4) is 10.6 Å². The fraction of sp³-hybridized carbons (Fsp3) is 0.190. The largest absolute Gasteiger partial charge is 0.469 e. The summed E-state index contributed by atoms with van der Waals surface area (Å²) in [6, 6.07) is 13.9. The Labute approximate surface area is 182 Å². The molecule has 3 rings (SSSR count). The number of nitrogens with one attached hydrogen (secondary N) is 1. The number of amides is 1. The molecule has 0 spiro atoms. The summed E-state index contributed by atoms with van der Waals surface area (Å²) >= 11 is 13.9. The number of nitrogens with zero attached hydrogens (tertiary/aromatic N) is 1. The molecule has 0 aliphatic heterocycles. The number of carbonyl (C=O) groups is 2. The quantitative estimate of drug-likeness (QED) is 0.511. The Morgan fingerprint density at radius 2 is 1.79 bits per heavy atom. The van der Waals surface area contributed by atoms with Crippen molar-refractivity contribution in [3.63, 3.8) is 0 Å². The molecule has 5 nitrogen and oxygen atoms in total. The number of halogens is 2. The van der Waals surface area contributed by atoms with E-state index in [9.17, 15) is 9.59 Å². The second-order valence-electron chi connectivity index (χ2n) is 6.22. The third kappa shape index (κ3) is 5.56. The number of methoxy groups -OCH3 is 1. The maximum atomic E-state index is 12.6. The fourth-order valence-corrected chi connectivity index (χ4v) is 4.21. The summed E-state index contributed by atoms with van der Waals surface area (Å²) in [6.07, 6.45) is 0.0526. The summed E-state index contributed by atoms with van der Waals surface area (Å²) in [6.45, 7) is 0. The molecule has 2 aromatic carbocycles. The highest BCUT2D eigenvalue weighted by Gasteiger charge is 2.21. The molecule has 0 aliphatic rings. The highest BCUT2D eigenvalue weighted by Crippen LogP contribution is 2.30. The predicted octanol–water partition coefficient (Wildman–Crippen LogP) is 5.08. The van der Waals surface area contributed by atoms with E-state index in [0.717, 1.165) is 10.6 Å². The molecular weight excluding hydrogens is 431 g/mol. The highest BCUT2D eigenvalue weighted by molar-refractivity contribution is 7.13. The Morgan fingerprint density at radius 1 is 1.10 bits per heavy atom. The Balaban J connectivity index is 1.73. The van der Waals surface area contributed by atoms with E-state index in [-0.39, 0.29) is 18.7 Å². The molecule has 150 valence electrons. The van der Waals surface area contributed by atoms with Crippen LogP contribution in [0.5, 0.6) is 0 Å². The van der Waals surface area contributed by atoms with Crippen LogP contribution in [0.15, 0.2) is 53.9 Å². The number of rotatable bonds is 7. The molecule has 1 atom stereocenters. The monoisotopic (exact) mass is 448 g/mol. The zero-order valence-corrected chi connectivity index (χ0v) is 17.9. The van der Waals surface area contributed by atoms with Gasteiger partial charge in [0.1, 0.15) is 5.01 Å². The van der Waals surface area contributed by atoms with Crippen molar-refractivity contribution < 1.29 is 14.3 Å². The van der Waals surface area contributed by atoms with Crippen LogP contribution in [-0.2, 0) is 20.7 Å². The number of benzene rings is 2. The summed E-state index contributed by atoms with van der Waals surface area (Å²) in [5.74, 6) is -0.709. The van der Waals surface area contributed by atoms with Crippen LogP contribution in [0.3, 0.4) is 0 Å². The van der Waals surface area contributed by atoms with Crippen LogP contribution in [0.1, 0.15) is 23.7 Å². The maximum Gasteiger partial charge on any atom is 0.307 e. The second-order valence-corrected chi connectivity index (χ2v) is 7.89. The lowest BCUT2D eigenvalue weighted by Gasteiger charge is -2.19. The first kappa shape index (κ1) is 21.3. The maximum absolute atomic E-state index is 12.6. The number of carbonyl (C=O) groups excluding carboxylic acids is 2. The van der Waals surface area contributed by atoms with Gasteiger partial charge in [-0.05, 0) is 17.7 Å². The zero-order chi connectivity index (χ0) is 20.8. The van der Waals surface area contributed by atoms with Gasteiger partial charge in [-0.15, -0.1) is 11.3 Å². The molecule has 1 unspecified atom stereocenters. The van der Waals surface area contributed by atoms with Gasteiger partial charge >= 0.3 is 5.97 Å². The van der Waals surface area contributed by atoms with Gasteiger partial charge in [0.2, 0.25) is 5.91 Å². The third-order valence-corrected chi connectivity index (χ3v) is 5.81. The lowest BCUT2D eigenvalue weighted by Crippen LogP contribution is -2.31. The molecule has 29 heavy (non-hydrogen) atoms. The first-order chi connectivity index (χ1) is 14.0. The van der Waals surface area contributed by atoms with E-state index >= 15 is 0 Å². The van der Waals surface area contributed by atoms with Crippen LogP contribution in [0.25, 0.3) is 10.6 Å². The number of hydrogen-bond donors (Lipinski definition) is 1. The van der Waals surface area contributed by atoms with E-state index in [1.807, 2.05) is 23.6 Å². The first-order valence-corrected chi connectivity index (χ1v) is 10.4. The molecule has 0 saturated heterocycles. The van der Waals surface area contributed by atoms with Crippen LogP contribution >= 0.6 is 34.5 Å². The van der Waals surface area contributed by atoms with E-state index in [1.54, 1.807) is 30.3 Å². The highest BCUT2D eigenvalue weighted by atomic mass is 35.5. The summed E-state index contributed by atoms with van der Waals surface area (Å²) < 4.78 is 4.75. The van der Waals surface area contributed by atoms with Crippen molar-refractivity contribution in [1.82, 2.24) is 10.3 Å². The van der Waals surface area contributed by atoms with Crippen molar-refractivity contribution >= 4 is 46.4 Å². The summed E-state index contributed by atoms with van der Waals surface area (Å²) in [5, 5.41) is 6.51. The molecule has 0 radical (unpaired) electrons. The van der Waals surface area contributed by atoms with Gasteiger partial charge in [0.25, 0.3) is 0 Å². The van der Waals surface area contributed by atoms with Crippen molar-refractivity contribution in [1.29, 1.82) is 0 Å². The van der Waals surface area contributed by atoms with Crippen LogP contribution in [0.2, 0.25) is 10.0 Å². The first-order valence-electron chi connectivity index (χ1n) is 8.78. The number of esters is 1. The molecule has 0 fully saturated rings. The van der Waals surface area contributed by atoms with Gasteiger partial charge in [-0.3, -0.25) is 9.59 Å². The SMILES string of the molecule is COC(=O)CC(NC(=O)Cc1csc(-c2ccccc2Cl)n1)c1ccccc1Cl. The summed E-state index contributed by atoms with van der Waals surface area (Å²) in [5.41, 5.74) is 2.10. The lowest BCUT2D eigenvalue weighted by molar-refractivity contribution is -0.141. The molecule has 3 aromatic rings. The van der Waals surface area contributed by atoms with Gasteiger partial charge in [-0.1, -0.05) is 59.6 Å². The second kappa shape index (κ2) is 9.87. The van der Waals surface area contributed by atoms with Gasteiger partial charge in [0, 0.05) is 16.0 Å². The normalized spacial score (nSPS) is 11.7. The van der Waals surface area contributed by atoms with Crippen LogP contribution in [-0.4, -0.2) is 24.0 Å². The minimum Gasteiger partial charge on any atom is -0.469 e. The van der Waals surface area contributed by atoms with Crippen molar-refractivity contribution in [3.05, 3.63) is 75.2 Å². The molecular formula is C21H18Cl2N2O3S. The average Bonchev–Trinajstić information content (AvgIpc) is 3.16. The molecule has 1 aromatic heterocycles. The zero-order valence-electron chi connectivity index (χ0n) is 15.5. The van der Waals surface area contributed by atoms with Gasteiger partial charge < -0.3 is 10.1 Å². The van der Waals surface area contributed by atoms with Crippen LogP contribution in [0.4, 0.5) is 0 Å². The topological polar surface area (TPSA) is 68.3 Å². The van der Waals surface area contributed by atoms with Crippen LogP contribution in [0, 0.1) is 0 Å².